The second kappa shape index (κ2) is 9.00. The zero-order valence-corrected chi connectivity index (χ0v) is 17.4. The molecule has 0 radical (unpaired) electrons. The minimum Gasteiger partial charge on any atom is -0.465 e. The van der Waals surface area contributed by atoms with Crippen LogP contribution in [0.1, 0.15) is 30.0 Å². The quantitative estimate of drug-likeness (QED) is 0.506. The molecule has 0 unspecified atom stereocenters. The highest BCUT2D eigenvalue weighted by Crippen LogP contribution is 2.33. The summed E-state index contributed by atoms with van der Waals surface area (Å²) < 4.78 is 15.4. The van der Waals surface area contributed by atoms with Gasteiger partial charge in [-0.1, -0.05) is 12.1 Å². The number of nitrogens with zero attached hydrogens (tertiary/aromatic N) is 1. The lowest BCUT2D eigenvalue weighted by atomic mass is 10.1. The van der Waals surface area contributed by atoms with Crippen LogP contribution in [0.2, 0.25) is 0 Å². The van der Waals surface area contributed by atoms with E-state index in [-0.39, 0.29) is 11.0 Å². The number of hydrogen-bond donors (Lipinski definition) is 0. The van der Waals surface area contributed by atoms with Crippen molar-refractivity contribution in [2.45, 2.75) is 20.0 Å². The lowest BCUT2D eigenvalue weighted by molar-refractivity contribution is -0.149. The molecule has 1 fully saturated rings. The molecule has 156 valence electrons. The Morgan fingerprint density at radius 1 is 1.13 bits per heavy atom. The third-order valence-corrected chi connectivity index (χ3v) is 4.93. The Bertz CT molecular complexity index is 1020. The van der Waals surface area contributed by atoms with E-state index in [9.17, 15) is 19.2 Å². The van der Waals surface area contributed by atoms with Gasteiger partial charge in [-0.2, -0.15) is 0 Å². The zero-order chi connectivity index (χ0) is 21.8. The summed E-state index contributed by atoms with van der Waals surface area (Å²) in [5.74, 6) is -0.764. The van der Waals surface area contributed by atoms with Crippen molar-refractivity contribution in [2.24, 2.45) is 0 Å². The minimum atomic E-state index is -0.649. The number of ether oxygens (including phenoxy) is 2. The maximum atomic E-state index is 12.5. The number of rotatable bonds is 6. The van der Waals surface area contributed by atoms with Crippen LogP contribution in [0.5, 0.6) is 0 Å². The predicted molar refractivity (Wildman–Crippen MR) is 109 cm³/mol. The molecule has 1 saturated heterocycles. The summed E-state index contributed by atoms with van der Waals surface area (Å²) in [6.07, 6.45) is 1.11. The standard InChI is InChI=1S/C21H19NO7S/c1-12(2)28-18(23)11-22-19(24)17(30-21(22)26)10-15-8-9-16(29-15)13-4-6-14(7-5-13)20(25)27-3/h4-10,12H,11H2,1-3H3/b17-10-. The largest absolute Gasteiger partial charge is 0.465 e. The Hall–Kier alpha value is -3.33. The average molecular weight is 429 g/mol. The molecule has 0 saturated carbocycles. The molecule has 2 heterocycles. The van der Waals surface area contributed by atoms with Gasteiger partial charge >= 0.3 is 11.9 Å². The number of carbonyl (C=O) groups is 4. The fourth-order valence-corrected chi connectivity index (χ4v) is 3.49. The van der Waals surface area contributed by atoms with Crippen LogP contribution in [0, 0.1) is 0 Å². The summed E-state index contributed by atoms with van der Waals surface area (Å²) in [6, 6.07) is 10.0. The summed E-state index contributed by atoms with van der Waals surface area (Å²) in [5, 5.41) is -0.544. The molecule has 1 aromatic heterocycles. The van der Waals surface area contributed by atoms with E-state index in [0.29, 0.717) is 17.1 Å². The fourth-order valence-electron chi connectivity index (χ4n) is 2.67. The molecule has 0 bridgehead atoms. The van der Waals surface area contributed by atoms with Crippen molar-refractivity contribution in [3.8, 4) is 11.3 Å². The Labute approximate surface area is 176 Å². The molecule has 3 rings (SSSR count). The minimum absolute atomic E-state index is 0.152. The lowest BCUT2D eigenvalue weighted by Gasteiger charge is -2.13. The zero-order valence-electron chi connectivity index (χ0n) is 16.5. The van der Waals surface area contributed by atoms with Crippen molar-refractivity contribution in [1.29, 1.82) is 0 Å². The Morgan fingerprint density at radius 2 is 1.83 bits per heavy atom. The number of esters is 2. The van der Waals surface area contributed by atoms with Crippen LogP contribution in [0.15, 0.2) is 45.7 Å². The molecular formula is C21H19NO7S. The highest BCUT2D eigenvalue weighted by atomic mass is 32.2. The molecule has 2 amide bonds. The summed E-state index contributed by atoms with van der Waals surface area (Å²) in [4.78, 5) is 48.8. The number of hydrogen-bond acceptors (Lipinski definition) is 8. The van der Waals surface area contributed by atoms with Crippen LogP contribution in [0.3, 0.4) is 0 Å². The van der Waals surface area contributed by atoms with Gasteiger partial charge in [-0.25, -0.2) is 4.79 Å². The van der Waals surface area contributed by atoms with E-state index < -0.39 is 29.6 Å². The second-order valence-electron chi connectivity index (χ2n) is 6.58. The van der Waals surface area contributed by atoms with Crippen LogP contribution in [0.4, 0.5) is 4.79 Å². The Kier molecular flexibility index (Phi) is 6.41. The van der Waals surface area contributed by atoms with Crippen molar-refractivity contribution in [3.05, 3.63) is 52.6 Å². The van der Waals surface area contributed by atoms with Crippen molar-refractivity contribution < 1.29 is 33.1 Å². The van der Waals surface area contributed by atoms with Gasteiger partial charge in [0.1, 0.15) is 18.1 Å². The Morgan fingerprint density at radius 3 is 2.47 bits per heavy atom. The normalized spacial score (nSPS) is 15.2. The number of carbonyl (C=O) groups excluding carboxylic acids is 4. The van der Waals surface area contributed by atoms with Gasteiger partial charge in [0, 0.05) is 11.6 Å². The molecule has 0 atom stereocenters. The first-order valence-corrected chi connectivity index (χ1v) is 9.83. The number of benzene rings is 1. The first kappa shape index (κ1) is 21.4. The Balaban J connectivity index is 1.73. The number of amides is 2. The molecule has 0 N–H and O–H groups in total. The van der Waals surface area contributed by atoms with Gasteiger partial charge in [-0.3, -0.25) is 19.3 Å². The van der Waals surface area contributed by atoms with Crippen LogP contribution in [-0.4, -0.2) is 47.7 Å². The van der Waals surface area contributed by atoms with Crippen LogP contribution in [0.25, 0.3) is 17.4 Å². The van der Waals surface area contributed by atoms with E-state index in [1.54, 1.807) is 50.2 Å². The van der Waals surface area contributed by atoms with E-state index in [0.717, 1.165) is 22.2 Å². The van der Waals surface area contributed by atoms with Crippen molar-refractivity contribution in [3.63, 3.8) is 0 Å². The van der Waals surface area contributed by atoms with Gasteiger partial charge in [0.15, 0.2) is 0 Å². The molecule has 0 spiro atoms. The summed E-state index contributed by atoms with van der Waals surface area (Å²) in [6.45, 7) is 2.93. The maximum Gasteiger partial charge on any atom is 0.337 e. The third-order valence-electron chi connectivity index (χ3n) is 4.02. The highest BCUT2D eigenvalue weighted by molar-refractivity contribution is 8.18. The van der Waals surface area contributed by atoms with E-state index in [1.807, 2.05) is 0 Å². The molecule has 1 aliphatic heterocycles. The van der Waals surface area contributed by atoms with Gasteiger partial charge in [0.05, 0.1) is 23.7 Å². The van der Waals surface area contributed by atoms with Crippen molar-refractivity contribution in [1.82, 2.24) is 4.90 Å². The van der Waals surface area contributed by atoms with Gasteiger partial charge in [0.25, 0.3) is 11.1 Å². The van der Waals surface area contributed by atoms with E-state index in [2.05, 4.69) is 4.74 Å². The summed E-state index contributed by atoms with van der Waals surface area (Å²) >= 11 is 0.730. The SMILES string of the molecule is COC(=O)c1ccc(-c2ccc(/C=C3\SC(=O)N(CC(=O)OC(C)C)C3=O)o2)cc1. The molecule has 2 aromatic rings. The molecule has 8 nitrogen and oxygen atoms in total. The molecule has 1 aliphatic rings. The van der Waals surface area contributed by atoms with Crippen LogP contribution in [-0.2, 0) is 19.1 Å². The molecule has 30 heavy (non-hydrogen) atoms. The van der Waals surface area contributed by atoms with Crippen LogP contribution < -0.4 is 0 Å². The predicted octanol–water partition coefficient (Wildman–Crippen LogP) is 3.72. The number of methoxy groups -OCH3 is 1. The van der Waals surface area contributed by atoms with E-state index >= 15 is 0 Å². The molecular weight excluding hydrogens is 410 g/mol. The van der Waals surface area contributed by atoms with Gasteiger partial charge < -0.3 is 13.9 Å². The summed E-state index contributed by atoms with van der Waals surface area (Å²) in [7, 11) is 1.31. The molecule has 0 aliphatic carbocycles. The number of imide groups is 1. The molecule has 1 aromatic carbocycles. The van der Waals surface area contributed by atoms with Gasteiger partial charge in [0.2, 0.25) is 0 Å². The van der Waals surface area contributed by atoms with Crippen molar-refractivity contribution in [2.75, 3.05) is 13.7 Å². The third kappa shape index (κ3) is 4.80. The summed E-state index contributed by atoms with van der Waals surface area (Å²) in [5.41, 5.74) is 1.14. The van der Waals surface area contributed by atoms with E-state index in [4.69, 9.17) is 9.15 Å². The van der Waals surface area contributed by atoms with E-state index in [1.165, 1.54) is 13.2 Å². The maximum absolute atomic E-state index is 12.5. The highest BCUT2D eigenvalue weighted by Gasteiger charge is 2.37. The smallest absolute Gasteiger partial charge is 0.337 e. The van der Waals surface area contributed by atoms with Gasteiger partial charge in [-0.15, -0.1) is 0 Å². The van der Waals surface area contributed by atoms with Gasteiger partial charge in [-0.05, 0) is 49.9 Å². The van der Waals surface area contributed by atoms with Crippen LogP contribution >= 0.6 is 11.8 Å². The fraction of sp³-hybridized carbons (Fsp3) is 0.238. The second-order valence-corrected chi connectivity index (χ2v) is 7.57. The molecule has 9 heteroatoms. The lowest BCUT2D eigenvalue weighted by Crippen LogP contribution is -2.35. The van der Waals surface area contributed by atoms with Crippen molar-refractivity contribution >= 4 is 40.9 Å². The monoisotopic (exact) mass is 429 g/mol. The first-order valence-electron chi connectivity index (χ1n) is 9.02. The topological polar surface area (TPSA) is 103 Å². The first-order chi connectivity index (χ1) is 14.3. The number of furan rings is 1. The number of thioether (sulfide) groups is 1. The average Bonchev–Trinajstić information content (AvgIpc) is 3.27.